The second-order valence-electron chi connectivity index (χ2n) is 7.71. The van der Waals surface area contributed by atoms with Crippen molar-refractivity contribution in [3.63, 3.8) is 0 Å². The van der Waals surface area contributed by atoms with Gasteiger partial charge in [-0.25, -0.2) is 0 Å². The normalized spacial score (nSPS) is 15.1. The van der Waals surface area contributed by atoms with E-state index in [1.165, 1.54) is 0 Å². The molecule has 3 aromatic carbocycles. The third-order valence-corrected chi connectivity index (χ3v) is 5.68. The minimum atomic E-state index is -0.864. The number of benzene rings is 3. The van der Waals surface area contributed by atoms with Crippen molar-refractivity contribution < 1.29 is 19.4 Å². The van der Waals surface area contributed by atoms with E-state index in [4.69, 9.17) is 26.2 Å². The summed E-state index contributed by atoms with van der Waals surface area (Å²) in [5.41, 5.74) is 4.21. The number of hydrogen-bond donors (Lipinski definition) is 1. The highest BCUT2D eigenvalue weighted by Gasteiger charge is 2.24. The van der Waals surface area contributed by atoms with Crippen LogP contribution in [0.15, 0.2) is 66.7 Å². The first kappa shape index (κ1) is 21.8. The van der Waals surface area contributed by atoms with Crippen molar-refractivity contribution in [2.75, 3.05) is 0 Å². The lowest BCUT2D eigenvalue weighted by Gasteiger charge is -2.11. The quantitative estimate of drug-likeness (QED) is 0.440. The van der Waals surface area contributed by atoms with Crippen molar-refractivity contribution in [3.05, 3.63) is 94.0 Å². The van der Waals surface area contributed by atoms with Gasteiger partial charge >= 0.3 is 5.97 Å². The monoisotopic (exact) mass is 446 g/mol. The Hall–Kier alpha value is -3.42. The van der Waals surface area contributed by atoms with Gasteiger partial charge in [-0.2, -0.15) is 0 Å². The van der Waals surface area contributed by atoms with E-state index in [0.717, 1.165) is 40.2 Å². The largest absolute Gasteiger partial charge is 0.489 e. The minimum absolute atomic E-state index is 0.00375. The van der Waals surface area contributed by atoms with E-state index in [1.54, 1.807) is 6.92 Å². The van der Waals surface area contributed by atoms with E-state index in [2.05, 4.69) is 17.9 Å². The van der Waals surface area contributed by atoms with Crippen LogP contribution in [0.4, 0.5) is 0 Å². The van der Waals surface area contributed by atoms with E-state index in [-0.39, 0.29) is 18.4 Å². The molecule has 0 bridgehead atoms. The zero-order chi connectivity index (χ0) is 22.5. The molecule has 0 aromatic heterocycles. The molecule has 1 heterocycles. The lowest BCUT2D eigenvalue weighted by molar-refractivity contribution is -0.137. The summed E-state index contributed by atoms with van der Waals surface area (Å²) in [4.78, 5) is 11.1. The summed E-state index contributed by atoms with van der Waals surface area (Å²) in [6.07, 6.45) is 0.786. The maximum atomic E-state index is 11.1. The highest BCUT2D eigenvalue weighted by atomic mass is 35.5. The average Bonchev–Trinajstić information content (AvgIpc) is 3.21. The number of halogens is 1. The molecular formula is C27H23ClO4. The Bertz CT molecular complexity index is 1160. The van der Waals surface area contributed by atoms with Gasteiger partial charge in [0.2, 0.25) is 0 Å². The number of carboxylic acid groups (broad SMARTS) is 1. The van der Waals surface area contributed by atoms with Crippen LogP contribution in [0.5, 0.6) is 11.5 Å². The van der Waals surface area contributed by atoms with Crippen LogP contribution in [0, 0.1) is 11.8 Å². The van der Waals surface area contributed by atoms with E-state index in [0.29, 0.717) is 11.6 Å². The van der Waals surface area contributed by atoms with E-state index in [1.807, 2.05) is 60.7 Å². The molecule has 0 saturated heterocycles. The molecule has 1 N–H and O–H groups in total. The maximum absolute atomic E-state index is 11.1. The lowest BCUT2D eigenvalue weighted by Crippen LogP contribution is -2.04. The number of fused-ring (bicyclic) bond motifs is 1. The second kappa shape index (κ2) is 9.80. The molecule has 0 unspecified atom stereocenters. The first-order chi connectivity index (χ1) is 15.5. The van der Waals surface area contributed by atoms with Crippen molar-refractivity contribution in [1.29, 1.82) is 0 Å². The fraction of sp³-hybridized carbons (Fsp3) is 0.222. The first-order valence-electron chi connectivity index (χ1n) is 10.4. The molecule has 162 valence electrons. The fourth-order valence-electron chi connectivity index (χ4n) is 3.82. The summed E-state index contributed by atoms with van der Waals surface area (Å²) in [7, 11) is 0. The summed E-state index contributed by atoms with van der Waals surface area (Å²) in [6, 6.07) is 21.4. The van der Waals surface area contributed by atoms with Crippen LogP contribution in [-0.4, -0.2) is 11.1 Å². The highest BCUT2D eigenvalue weighted by Crippen LogP contribution is 2.37. The van der Waals surface area contributed by atoms with Crippen LogP contribution in [0.25, 0.3) is 0 Å². The molecule has 0 aliphatic carbocycles. The zero-order valence-corrected chi connectivity index (χ0v) is 18.4. The van der Waals surface area contributed by atoms with Gasteiger partial charge in [-0.1, -0.05) is 47.9 Å². The van der Waals surface area contributed by atoms with Gasteiger partial charge in [-0.3, -0.25) is 4.79 Å². The Morgan fingerprint density at radius 3 is 2.59 bits per heavy atom. The predicted molar refractivity (Wildman–Crippen MR) is 124 cm³/mol. The van der Waals surface area contributed by atoms with Crippen LogP contribution in [0.3, 0.4) is 0 Å². The summed E-state index contributed by atoms with van der Waals surface area (Å²) in [6.45, 7) is 2.15. The molecule has 32 heavy (non-hydrogen) atoms. The number of rotatable bonds is 7. The number of hydrogen-bond acceptors (Lipinski definition) is 3. The van der Waals surface area contributed by atoms with Gasteiger partial charge in [0.25, 0.3) is 0 Å². The van der Waals surface area contributed by atoms with Gasteiger partial charge in [0.05, 0.1) is 12.3 Å². The van der Waals surface area contributed by atoms with Crippen molar-refractivity contribution >= 4 is 17.6 Å². The summed E-state index contributed by atoms with van der Waals surface area (Å²) >= 11 is 5.99. The van der Waals surface area contributed by atoms with Crippen LogP contribution in [-0.2, 0) is 17.8 Å². The Labute approximate surface area is 192 Å². The third kappa shape index (κ3) is 5.25. The van der Waals surface area contributed by atoms with Crippen LogP contribution in [0.1, 0.15) is 47.6 Å². The van der Waals surface area contributed by atoms with Gasteiger partial charge in [0, 0.05) is 11.4 Å². The molecule has 3 aromatic rings. The number of carbonyl (C=O) groups is 1. The average molecular weight is 447 g/mol. The molecule has 0 radical (unpaired) electrons. The van der Waals surface area contributed by atoms with Crippen molar-refractivity contribution in [2.24, 2.45) is 0 Å². The molecule has 0 spiro atoms. The Kier molecular flexibility index (Phi) is 6.68. The number of ether oxygens (including phenoxy) is 2. The van der Waals surface area contributed by atoms with Crippen molar-refractivity contribution in [3.8, 4) is 23.3 Å². The molecule has 0 amide bonds. The molecule has 4 rings (SSSR count). The van der Waals surface area contributed by atoms with Gasteiger partial charge < -0.3 is 14.6 Å². The fourth-order valence-corrected chi connectivity index (χ4v) is 3.95. The molecule has 2 atom stereocenters. The highest BCUT2D eigenvalue weighted by molar-refractivity contribution is 6.30. The Morgan fingerprint density at radius 1 is 1.16 bits per heavy atom. The third-order valence-electron chi connectivity index (χ3n) is 5.43. The van der Waals surface area contributed by atoms with Gasteiger partial charge in [0.1, 0.15) is 24.2 Å². The van der Waals surface area contributed by atoms with Crippen LogP contribution < -0.4 is 9.47 Å². The van der Waals surface area contributed by atoms with Crippen LogP contribution >= 0.6 is 11.6 Å². The zero-order valence-electron chi connectivity index (χ0n) is 17.7. The topological polar surface area (TPSA) is 55.8 Å². The summed E-state index contributed by atoms with van der Waals surface area (Å²) < 4.78 is 12.0. The van der Waals surface area contributed by atoms with E-state index < -0.39 is 5.97 Å². The Balaban J connectivity index is 1.38. The standard InChI is InChI=1S/C27H23ClO4/c1-2-3-21(16-27(29)30)19-7-11-24(12-8-19)31-17-18-4-13-25-22(14-18)15-26(32-25)20-5-9-23(28)10-6-20/h4-14,21,26H,15-17H2,1H3,(H,29,30)/t21-,26+/m0/s1. The van der Waals surface area contributed by atoms with E-state index >= 15 is 0 Å². The molecule has 0 saturated carbocycles. The minimum Gasteiger partial charge on any atom is -0.489 e. The lowest BCUT2D eigenvalue weighted by atomic mass is 9.96. The first-order valence-corrected chi connectivity index (χ1v) is 10.8. The van der Waals surface area contributed by atoms with Gasteiger partial charge in [0.15, 0.2) is 0 Å². The van der Waals surface area contributed by atoms with Crippen LogP contribution in [0.2, 0.25) is 5.02 Å². The van der Waals surface area contributed by atoms with E-state index in [9.17, 15) is 4.79 Å². The maximum Gasteiger partial charge on any atom is 0.304 e. The smallest absolute Gasteiger partial charge is 0.304 e. The SMILES string of the molecule is CC#C[C@@H](CC(=O)O)c1ccc(OCc2ccc3c(c2)C[C@H](c2ccc(Cl)cc2)O3)cc1. The number of aliphatic carboxylic acids is 1. The van der Waals surface area contributed by atoms with Gasteiger partial charge in [-0.15, -0.1) is 5.92 Å². The molecule has 0 fully saturated rings. The second-order valence-corrected chi connectivity index (χ2v) is 8.14. The van der Waals surface area contributed by atoms with Crippen molar-refractivity contribution in [2.45, 2.75) is 38.4 Å². The Morgan fingerprint density at radius 2 is 1.91 bits per heavy atom. The van der Waals surface area contributed by atoms with Gasteiger partial charge in [-0.05, 0) is 65.6 Å². The number of carboxylic acids is 1. The summed E-state index contributed by atoms with van der Waals surface area (Å²) in [5, 5.41) is 9.80. The molecule has 1 aliphatic rings. The predicted octanol–water partition coefficient (Wildman–Crippen LogP) is 6.18. The van der Waals surface area contributed by atoms with Crippen molar-refractivity contribution in [1.82, 2.24) is 0 Å². The molecule has 1 aliphatic heterocycles. The molecular weight excluding hydrogens is 424 g/mol. The summed E-state index contributed by atoms with van der Waals surface area (Å²) in [5.74, 6) is 6.21. The molecule has 5 heteroatoms. The molecule has 4 nitrogen and oxygen atoms in total.